The van der Waals surface area contributed by atoms with Gasteiger partial charge in [0.25, 0.3) is 5.69 Å². The van der Waals surface area contributed by atoms with Gasteiger partial charge in [-0.1, -0.05) is 0 Å². The molecule has 2 rings (SSSR count). The van der Waals surface area contributed by atoms with E-state index in [1.807, 2.05) is 0 Å². The summed E-state index contributed by atoms with van der Waals surface area (Å²) in [6.07, 6.45) is 3.23. The molecule has 0 spiro atoms. The summed E-state index contributed by atoms with van der Waals surface area (Å²) >= 11 is 0. The van der Waals surface area contributed by atoms with Gasteiger partial charge >= 0.3 is 0 Å². The molecule has 0 saturated carbocycles. The van der Waals surface area contributed by atoms with Crippen molar-refractivity contribution in [1.82, 2.24) is 0 Å². The zero-order chi connectivity index (χ0) is 13.7. The molecule has 1 N–H and O–H groups in total. The third kappa shape index (κ3) is 3.65. The lowest BCUT2D eigenvalue weighted by molar-refractivity contribution is -0.385. The van der Waals surface area contributed by atoms with Crippen molar-refractivity contribution in [2.75, 3.05) is 13.2 Å². The molecule has 1 fully saturated rings. The molecule has 1 atom stereocenters. The van der Waals surface area contributed by atoms with Crippen LogP contribution in [0.25, 0.3) is 0 Å². The van der Waals surface area contributed by atoms with Gasteiger partial charge in [-0.05, 0) is 25.3 Å². The number of nitro benzene ring substituents is 1. The quantitative estimate of drug-likeness (QED) is 0.652. The van der Waals surface area contributed by atoms with Crippen molar-refractivity contribution in [2.24, 2.45) is 0 Å². The lowest BCUT2D eigenvalue weighted by Gasteiger charge is -2.23. The van der Waals surface area contributed by atoms with E-state index in [1.165, 1.54) is 18.2 Å². The summed E-state index contributed by atoms with van der Waals surface area (Å²) in [4.78, 5) is 10.2. The number of nitro groups is 1. The molecule has 1 unspecified atom stereocenters. The maximum Gasteiger partial charge on any atom is 0.270 e. The molecule has 1 aromatic rings. The Labute approximate surface area is 111 Å². The number of ether oxygens (including phenoxy) is 2. The van der Waals surface area contributed by atoms with Crippen LogP contribution < -0.4 is 4.74 Å². The van der Waals surface area contributed by atoms with Gasteiger partial charge in [-0.15, -0.1) is 0 Å². The third-order valence-electron chi connectivity index (χ3n) is 3.12. The van der Waals surface area contributed by atoms with Crippen LogP contribution in [0.3, 0.4) is 0 Å². The summed E-state index contributed by atoms with van der Waals surface area (Å²) in [5.41, 5.74) is 0.371. The number of non-ortho nitro benzene ring substituents is 1. The number of aliphatic hydroxyl groups excluding tert-OH is 1. The molecule has 104 valence electrons. The Balaban J connectivity index is 2.00. The molecule has 0 amide bonds. The van der Waals surface area contributed by atoms with E-state index in [0.717, 1.165) is 25.9 Å². The molecule has 1 aliphatic rings. The summed E-state index contributed by atoms with van der Waals surface area (Å²) in [6, 6.07) is 4.22. The van der Waals surface area contributed by atoms with Gasteiger partial charge in [0.2, 0.25) is 0 Å². The van der Waals surface area contributed by atoms with Gasteiger partial charge in [0.1, 0.15) is 12.4 Å². The Kier molecular flexibility index (Phi) is 4.70. The highest BCUT2D eigenvalue weighted by Gasteiger charge is 2.16. The lowest BCUT2D eigenvalue weighted by atomic mass is 10.1. The van der Waals surface area contributed by atoms with E-state index < -0.39 is 4.92 Å². The Morgan fingerprint density at radius 2 is 2.32 bits per heavy atom. The average molecular weight is 267 g/mol. The van der Waals surface area contributed by atoms with Crippen LogP contribution in [0.15, 0.2) is 18.2 Å². The maximum absolute atomic E-state index is 10.6. The number of nitrogens with zero attached hydrogens (tertiary/aromatic N) is 1. The van der Waals surface area contributed by atoms with E-state index in [0.29, 0.717) is 17.9 Å². The lowest BCUT2D eigenvalue weighted by Crippen LogP contribution is -2.26. The second-order valence-corrected chi connectivity index (χ2v) is 4.51. The minimum absolute atomic E-state index is 0.0506. The molecule has 6 nitrogen and oxygen atoms in total. The van der Waals surface area contributed by atoms with E-state index in [-0.39, 0.29) is 18.4 Å². The van der Waals surface area contributed by atoms with E-state index in [1.54, 1.807) is 0 Å². The maximum atomic E-state index is 10.6. The SMILES string of the molecule is O=[N+]([O-])c1ccc(OCC2CCCCO2)c(CO)c1. The molecule has 1 aliphatic heterocycles. The first-order valence-electron chi connectivity index (χ1n) is 6.33. The zero-order valence-electron chi connectivity index (χ0n) is 10.6. The first-order chi connectivity index (χ1) is 9.20. The van der Waals surface area contributed by atoms with Gasteiger partial charge in [0.15, 0.2) is 0 Å². The monoisotopic (exact) mass is 267 g/mol. The summed E-state index contributed by atoms with van der Waals surface area (Å²) in [5, 5.41) is 19.9. The van der Waals surface area contributed by atoms with Crippen LogP contribution in [-0.2, 0) is 11.3 Å². The Morgan fingerprint density at radius 3 is 2.95 bits per heavy atom. The molecule has 1 saturated heterocycles. The Morgan fingerprint density at radius 1 is 1.47 bits per heavy atom. The number of benzene rings is 1. The van der Waals surface area contributed by atoms with E-state index in [4.69, 9.17) is 9.47 Å². The molecule has 19 heavy (non-hydrogen) atoms. The molecule has 0 aliphatic carbocycles. The molecular formula is C13H17NO5. The first kappa shape index (κ1) is 13.8. The predicted molar refractivity (Wildman–Crippen MR) is 68.1 cm³/mol. The minimum atomic E-state index is -0.493. The predicted octanol–water partition coefficient (Wildman–Crippen LogP) is 2.03. The fourth-order valence-corrected chi connectivity index (χ4v) is 2.07. The van der Waals surface area contributed by atoms with Crippen LogP contribution in [-0.4, -0.2) is 29.3 Å². The van der Waals surface area contributed by atoms with Crippen molar-refractivity contribution < 1.29 is 19.5 Å². The number of hydrogen-bond donors (Lipinski definition) is 1. The number of aliphatic hydroxyl groups is 1. The van der Waals surface area contributed by atoms with Crippen molar-refractivity contribution in [3.05, 3.63) is 33.9 Å². The minimum Gasteiger partial charge on any atom is -0.491 e. The molecule has 0 aromatic heterocycles. The van der Waals surface area contributed by atoms with Crippen LogP contribution in [0.5, 0.6) is 5.75 Å². The van der Waals surface area contributed by atoms with Crippen LogP contribution in [0.2, 0.25) is 0 Å². The molecular weight excluding hydrogens is 250 g/mol. The van der Waals surface area contributed by atoms with Crippen molar-refractivity contribution in [3.63, 3.8) is 0 Å². The van der Waals surface area contributed by atoms with Crippen LogP contribution >= 0.6 is 0 Å². The highest BCUT2D eigenvalue weighted by molar-refractivity contribution is 5.43. The van der Waals surface area contributed by atoms with Gasteiger partial charge in [0.05, 0.1) is 17.6 Å². The second kappa shape index (κ2) is 6.49. The smallest absolute Gasteiger partial charge is 0.270 e. The van der Waals surface area contributed by atoms with E-state index in [2.05, 4.69) is 0 Å². The van der Waals surface area contributed by atoms with Crippen molar-refractivity contribution in [2.45, 2.75) is 32.0 Å². The first-order valence-corrected chi connectivity index (χ1v) is 6.33. The topological polar surface area (TPSA) is 81.8 Å². The fourth-order valence-electron chi connectivity index (χ4n) is 2.07. The summed E-state index contributed by atoms with van der Waals surface area (Å²) < 4.78 is 11.1. The van der Waals surface area contributed by atoms with Crippen LogP contribution in [0.1, 0.15) is 24.8 Å². The summed E-state index contributed by atoms with van der Waals surface area (Å²) in [5.74, 6) is 0.474. The normalized spacial score (nSPS) is 19.1. The van der Waals surface area contributed by atoms with Crippen LogP contribution in [0.4, 0.5) is 5.69 Å². The summed E-state index contributed by atoms with van der Waals surface area (Å²) in [7, 11) is 0. The Hall–Kier alpha value is -1.66. The molecule has 1 heterocycles. The highest BCUT2D eigenvalue weighted by atomic mass is 16.6. The number of hydrogen-bond acceptors (Lipinski definition) is 5. The largest absolute Gasteiger partial charge is 0.491 e. The van der Waals surface area contributed by atoms with Crippen LogP contribution in [0, 0.1) is 10.1 Å². The van der Waals surface area contributed by atoms with Gasteiger partial charge in [-0.2, -0.15) is 0 Å². The van der Waals surface area contributed by atoms with Crippen molar-refractivity contribution in [1.29, 1.82) is 0 Å². The average Bonchev–Trinajstić information content (AvgIpc) is 2.45. The van der Waals surface area contributed by atoms with Gasteiger partial charge in [-0.25, -0.2) is 0 Å². The van der Waals surface area contributed by atoms with E-state index in [9.17, 15) is 15.2 Å². The molecule has 0 bridgehead atoms. The third-order valence-corrected chi connectivity index (χ3v) is 3.12. The molecule has 6 heteroatoms. The molecule has 0 radical (unpaired) electrons. The van der Waals surface area contributed by atoms with Crippen molar-refractivity contribution >= 4 is 5.69 Å². The molecule has 1 aromatic carbocycles. The summed E-state index contributed by atoms with van der Waals surface area (Å²) in [6.45, 7) is 0.870. The standard InChI is InChI=1S/C13H17NO5/c15-8-10-7-11(14(16)17)4-5-13(10)19-9-12-3-1-2-6-18-12/h4-5,7,12,15H,1-3,6,8-9H2. The van der Waals surface area contributed by atoms with Gasteiger partial charge < -0.3 is 14.6 Å². The second-order valence-electron chi connectivity index (χ2n) is 4.51. The van der Waals surface area contributed by atoms with Gasteiger partial charge in [0, 0.05) is 24.3 Å². The highest BCUT2D eigenvalue weighted by Crippen LogP contribution is 2.25. The Bertz CT molecular complexity index is 443. The fraction of sp³-hybridized carbons (Fsp3) is 0.538. The number of rotatable bonds is 5. The zero-order valence-corrected chi connectivity index (χ0v) is 10.6. The van der Waals surface area contributed by atoms with E-state index >= 15 is 0 Å². The van der Waals surface area contributed by atoms with Crippen molar-refractivity contribution in [3.8, 4) is 5.75 Å². The van der Waals surface area contributed by atoms with Gasteiger partial charge in [-0.3, -0.25) is 10.1 Å².